The summed E-state index contributed by atoms with van der Waals surface area (Å²) in [6.45, 7) is 4.98. The predicted octanol–water partition coefficient (Wildman–Crippen LogP) is 6.89. The van der Waals surface area contributed by atoms with Gasteiger partial charge in [-0.15, -0.1) is 0 Å². The summed E-state index contributed by atoms with van der Waals surface area (Å²) >= 11 is 8.42. The molecule has 0 saturated carbocycles. The van der Waals surface area contributed by atoms with Crippen LogP contribution >= 0.6 is 54.5 Å². The average molecular weight is 763 g/mol. The molecule has 3 aromatic rings. The molecule has 0 fully saturated rings. The van der Waals surface area contributed by atoms with Gasteiger partial charge in [-0.3, -0.25) is 14.4 Å². The molecule has 0 saturated heterocycles. The largest absolute Gasteiger partial charge is 0.425 e. The summed E-state index contributed by atoms with van der Waals surface area (Å²) in [4.78, 5) is 39.0. The molecule has 3 unspecified atom stereocenters. The van der Waals surface area contributed by atoms with Crippen LogP contribution < -0.4 is 14.2 Å². The van der Waals surface area contributed by atoms with Crippen molar-refractivity contribution in [2.75, 3.05) is 0 Å². The fourth-order valence-corrected chi connectivity index (χ4v) is 5.55. The van der Waals surface area contributed by atoms with Gasteiger partial charge in [-0.1, -0.05) is 90.8 Å². The Hall–Kier alpha value is -1.89. The van der Waals surface area contributed by atoms with E-state index in [9.17, 15) is 14.4 Å². The summed E-state index contributed by atoms with van der Waals surface area (Å²) in [7, 11) is -0.849. The number of hydrogen-bond donors (Lipinski definition) is 0. The fourth-order valence-electron chi connectivity index (χ4n) is 3.03. The number of benzene rings is 3. The highest BCUT2D eigenvalue weighted by atomic mass is 127. The van der Waals surface area contributed by atoms with Gasteiger partial charge in [-0.25, -0.2) is 0 Å². The van der Waals surface area contributed by atoms with Crippen LogP contribution in [-0.2, 0) is 25.3 Å². The molecule has 6 nitrogen and oxygen atoms in total. The first-order valence-electron chi connectivity index (χ1n) is 11.2. The first kappa shape index (κ1) is 29.7. The third-order valence-corrected chi connectivity index (χ3v) is 8.32. The van der Waals surface area contributed by atoms with Crippen LogP contribution in [0.25, 0.3) is 0 Å². The van der Waals surface area contributed by atoms with Crippen LogP contribution in [0.15, 0.2) is 87.5 Å². The lowest BCUT2D eigenvalue weighted by molar-refractivity contribution is -0.133. The van der Waals surface area contributed by atoms with E-state index in [-0.39, 0.29) is 17.2 Å². The number of rotatable bonds is 9. The molecule has 0 aliphatic rings. The van der Waals surface area contributed by atoms with Crippen LogP contribution in [-0.4, -0.2) is 31.5 Å². The monoisotopic (exact) mass is 761 g/mol. The standard InChI is InChI=1S/C27H24Br2IO6S/c1-16(28)25(31)34-19-14-22(35-26(32)17(2)29)24(23(15-19)36-27(33)18(3)30)37(20-10-6-4-7-11-20)21-12-8-5-9-13-21/h4-18H,1-3H3/q+1. The summed E-state index contributed by atoms with van der Waals surface area (Å²) in [5.41, 5.74) is 0. The molecule has 0 aliphatic heterocycles. The van der Waals surface area contributed by atoms with E-state index < -0.39 is 42.4 Å². The highest BCUT2D eigenvalue weighted by Gasteiger charge is 2.39. The van der Waals surface area contributed by atoms with E-state index in [1.165, 1.54) is 12.1 Å². The quantitative estimate of drug-likeness (QED) is 0.0778. The molecule has 0 radical (unpaired) electrons. The number of halogens is 3. The van der Waals surface area contributed by atoms with E-state index in [0.717, 1.165) is 9.79 Å². The molecule has 0 aromatic heterocycles. The lowest BCUT2D eigenvalue weighted by Gasteiger charge is -2.18. The van der Waals surface area contributed by atoms with Crippen molar-refractivity contribution in [3.63, 3.8) is 0 Å². The van der Waals surface area contributed by atoms with Gasteiger partial charge in [0.1, 0.15) is 30.2 Å². The zero-order chi connectivity index (χ0) is 27.1. The first-order valence-corrected chi connectivity index (χ1v) is 15.5. The molecule has 0 aliphatic carbocycles. The molecular formula is C27H24Br2IO6S+. The lowest BCUT2D eigenvalue weighted by Crippen LogP contribution is -2.22. The molecule has 10 heteroatoms. The minimum atomic E-state index is -0.849. The van der Waals surface area contributed by atoms with Gasteiger partial charge in [0.05, 0.1) is 0 Å². The van der Waals surface area contributed by atoms with E-state index in [4.69, 9.17) is 14.2 Å². The van der Waals surface area contributed by atoms with E-state index in [0.29, 0.717) is 4.90 Å². The second-order valence-electron chi connectivity index (χ2n) is 7.79. The van der Waals surface area contributed by atoms with Gasteiger partial charge in [-0.2, -0.15) is 0 Å². The Bertz CT molecular complexity index is 1170. The van der Waals surface area contributed by atoms with Crippen molar-refractivity contribution in [3.8, 4) is 17.2 Å². The summed E-state index contributed by atoms with van der Waals surface area (Å²) < 4.78 is 16.7. The smallest absolute Gasteiger partial charge is 0.325 e. The van der Waals surface area contributed by atoms with Gasteiger partial charge in [0.25, 0.3) is 4.90 Å². The van der Waals surface area contributed by atoms with E-state index >= 15 is 0 Å². The first-order chi connectivity index (χ1) is 17.6. The molecular weight excluding hydrogens is 739 g/mol. The van der Waals surface area contributed by atoms with Crippen molar-refractivity contribution in [2.24, 2.45) is 0 Å². The Labute approximate surface area is 249 Å². The number of alkyl halides is 3. The van der Waals surface area contributed by atoms with E-state index in [2.05, 4.69) is 31.9 Å². The van der Waals surface area contributed by atoms with Gasteiger partial charge in [0, 0.05) is 12.1 Å². The average Bonchev–Trinajstić information content (AvgIpc) is 2.86. The van der Waals surface area contributed by atoms with Crippen LogP contribution in [0.5, 0.6) is 17.2 Å². The van der Waals surface area contributed by atoms with Gasteiger partial charge < -0.3 is 14.2 Å². The highest BCUT2D eigenvalue weighted by molar-refractivity contribution is 14.1. The van der Waals surface area contributed by atoms with Crippen molar-refractivity contribution in [1.29, 1.82) is 0 Å². The van der Waals surface area contributed by atoms with Crippen molar-refractivity contribution in [2.45, 2.75) is 49.0 Å². The zero-order valence-electron chi connectivity index (χ0n) is 20.2. The topological polar surface area (TPSA) is 78.9 Å². The van der Waals surface area contributed by atoms with Crippen LogP contribution in [0.3, 0.4) is 0 Å². The zero-order valence-corrected chi connectivity index (χ0v) is 26.3. The second kappa shape index (κ2) is 13.8. The highest BCUT2D eigenvalue weighted by Crippen LogP contribution is 2.45. The molecule has 0 heterocycles. The maximum absolute atomic E-state index is 12.8. The Kier molecular flexibility index (Phi) is 11.0. The molecule has 0 bridgehead atoms. The summed E-state index contributed by atoms with van der Waals surface area (Å²) in [6.07, 6.45) is 0. The third kappa shape index (κ3) is 8.05. The van der Waals surface area contributed by atoms with Crippen LogP contribution in [0.2, 0.25) is 0 Å². The Morgan fingerprint density at radius 3 is 1.51 bits per heavy atom. The number of esters is 3. The van der Waals surface area contributed by atoms with Crippen molar-refractivity contribution >= 4 is 83.3 Å². The Morgan fingerprint density at radius 1 is 0.703 bits per heavy atom. The number of hydrogen-bond acceptors (Lipinski definition) is 6. The lowest BCUT2D eigenvalue weighted by atomic mass is 10.3. The molecule has 3 atom stereocenters. The molecule has 0 spiro atoms. The number of carbonyl (C=O) groups excluding carboxylic acids is 3. The predicted molar refractivity (Wildman–Crippen MR) is 159 cm³/mol. The minimum absolute atomic E-state index is 0.0821. The van der Waals surface area contributed by atoms with Gasteiger partial charge in [-0.05, 0) is 45.0 Å². The molecule has 3 aromatic carbocycles. The summed E-state index contributed by atoms with van der Waals surface area (Å²) in [5.74, 6) is -1.24. The number of ether oxygens (including phenoxy) is 3. The van der Waals surface area contributed by atoms with Gasteiger partial charge >= 0.3 is 17.9 Å². The number of carbonyl (C=O) groups is 3. The minimum Gasteiger partial charge on any atom is -0.425 e. The molecule has 194 valence electrons. The molecule has 0 N–H and O–H groups in total. The van der Waals surface area contributed by atoms with Crippen molar-refractivity contribution in [3.05, 3.63) is 72.8 Å². The van der Waals surface area contributed by atoms with Crippen LogP contribution in [0, 0.1) is 0 Å². The Morgan fingerprint density at radius 2 is 1.11 bits per heavy atom. The summed E-state index contributed by atoms with van der Waals surface area (Å²) in [5, 5.41) is 0. The molecule has 0 amide bonds. The van der Waals surface area contributed by atoms with E-state index in [1.807, 2.05) is 83.3 Å². The normalized spacial score (nSPS) is 13.4. The molecule has 3 rings (SSSR count). The van der Waals surface area contributed by atoms with Gasteiger partial charge in [0.15, 0.2) is 21.3 Å². The maximum atomic E-state index is 12.8. The fraction of sp³-hybridized carbons (Fsp3) is 0.222. The second-order valence-corrected chi connectivity index (χ2v) is 14.4. The SMILES string of the molecule is CC(Br)C(=O)Oc1cc(OC(=O)C(C)Br)c([S+](c2ccccc2)c2ccccc2)c(OC(=O)C(C)I)c1. The third-order valence-electron chi connectivity index (χ3n) is 4.77. The molecule has 37 heavy (non-hydrogen) atoms. The maximum Gasteiger partial charge on any atom is 0.325 e. The van der Waals surface area contributed by atoms with Crippen molar-refractivity contribution < 1.29 is 28.6 Å². The Balaban J connectivity index is 2.34. The van der Waals surface area contributed by atoms with Gasteiger partial charge in [0.2, 0.25) is 0 Å². The van der Waals surface area contributed by atoms with Crippen LogP contribution in [0.1, 0.15) is 20.8 Å². The van der Waals surface area contributed by atoms with Crippen molar-refractivity contribution in [1.82, 2.24) is 0 Å². The summed E-state index contributed by atoms with van der Waals surface area (Å²) in [6, 6.07) is 22.3. The van der Waals surface area contributed by atoms with Crippen LogP contribution in [0.4, 0.5) is 0 Å². The van der Waals surface area contributed by atoms with E-state index in [1.54, 1.807) is 20.8 Å².